The maximum absolute atomic E-state index is 10.2. The van der Waals surface area contributed by atoms with Crippen molar-refractivity contribution in [2.45, 2.75) is 6.42 Å². The number of hydrogen-bond donors (Lipinski definition) is 3. The maximum Gasteiger partial charge on any atom is 0.123 e. The van der Waals surface area contributed by atoms with Crippen LogP contribution >= 0.6 is 0 Å². The summed E-state index contributed by atoms with van der Waals surface area (Å²) in [5.41, 5.74) is 3.96. The summed E-state index contributed by atoms with van der Waals surface area (Å²) in [5, 5.41) is 29.7. The minimum absolute atomic E-state index is 0.185. The van der Waals surface area contributed by atoms with Crippen molar-refractivity contribution in [2.75, 3.05) is 0 Å². The summed E-state index contributed by atoms with van der Waals surface area (Å²) in [7, 11) is 0. The lowest BCUT2D eigenvalue weighted by Gasteiger charge is -2.10. The first kappa shape index (κ1) is 12.2. The molecule has 3 rings (SSSR count). The Kier molecular flexibility index (Phi) is 3.09. The van der Waals surface area contributed by atoms with E-state index in [1.54, 1.807) is 18.2 Å². The number of rotatable bonds is 3. The van der Waals surface area contributed by atoms with Gasteiger partial charge in [0.25, 0.3) is 0 Å². The van der Waals surface area contributed by atoms with Crippen LogP contribution in [-0.2, 0) is 6.42 Å². The van der Waals surface area contributed by atoms with Gasteiger partial charge in [0, 0.05) is 11.1 Å². The molecular weight excluding hydrogens is 254 g/mol. The highest BCUT2D eigenvalue weighted by molar-refractivity contribution is 5.94. The minimum Gasteiger partial charge on any atom is -0.516 e. The third-order valence-corrected chi connectivity index (χ3v) is 3.20. The number of phenolic OH excluding ortho intramolecular Hbond substituents is 1. The van der Waals surface area contributed by atoms with Crippen molar-refractivity contribution in [3.05, 3.63) is 54.3 Å². The van der Waals surface area contributed by atoms with Gasteiger partial charge in [-0.2, -0.15) is 0 Å². The number of aliphatic hydroxyl groups excluding tert-OH is 1. The average Bonchev–Trinajstić information content (AvgIpc) is 2.94. The number of nitrogens with zero attached hydrogens (tertiary/aromatic N) is 2. The SMILES string of the molecule is OC=CCc1cccc(O)c1-c1cccc2[nH]nnc12. The van der Waals surface area contributed by atoms with Crippen molar-refractivity contribution in [2.24, 2.45) is 0 Å². The Hall–Kier alpha value is -2.82. The third kappa shape index (κ3) is 1.99. The number of H-pyrrole nitrogens is 1. The van der Waals surface area contributed by atoms with Gasteiger partial charge < -0.3 is 10.2 Å². The van der Waals surface area contributed by atoms with E-state index in [9.17, 15) is 5.11 Å². The molecule has 100 valence electrons. The molecular formula is C15H13N3O2. The van der Waals surface area contributed by atoms with Gasteiger partial charge in [0.15, 0.2) is 0 Å². The number of aromatic hydroxyl groups is 1. The number of aromatic nitrogens is 3. The van der Waals surface area contributed by atoms with E-state index in [-0.39, 0.29) is 5.75 Å². The van der Waals surface area contributed by atoms with Gasteiger partial charge in [0.05, 0.1) is 11.8 Å². The lowest BCUT2D eigenvalue weighted by Crippen LogP contribution is -1.90. The van der Waals surface area contributed by atoms with E-state index in [1.165, 1.54) is 0 Å². The van der Waals surface area contributed by atoms with Crippen LogP contribution in [0.25, 0.3) is 22.2 Å². The van der Waals surface area contributed by atoms with Gasteiger partial charge in [-0.3, -0.25) is 5.10 Å². The Balaban J connectivity index is 2.25. The van der Waals surface area contributed by atoms with E-state index in [2.05, 4.69) is 15.4 Å². The molecule has 2 aromatic carbocycles. The van der Waals surface area contributed by atoms with Crippen molar-refractivity contribution in [1.29, 1.82) is 0 Å². The third-order valence-electron chi connectivity index (χ3n) is 3.20. The maximum atomic E-state index is 10.2. The predicted octanol–water partition coefficient (Wildman–Crippen LogP) is 2.94. The predicted molar refractivity (Wildman–Crippen MR) is 76.5 cm³/mol. The van der Waals surface area contributed by atoms with E-state index < -0.39 is 0 Å². The Morgan fingerprint density at radius 1 is 1.15 bits per heavy atom. The van der Waals surface area contributed by atoms with Gasteiger partial charge in [0.2, 0.25) is 0 Å². The van der Waals surface area contributed by atoms with Crippen LogP contribution in [0.3, 0.4) is 0 Å². The Morgan fingerprint density at radius 3 is 2.85 bits per heavy atom. The first-order valence-corrected chi connectivity index (χ1v) is 6.21. The molecule has 3 N–H and O–H groups in total. The molecule has 0 aliphatic rings. The lowest BCUT2D eigenvalue weighted by molar-refractivity contribution is 0.470. The van der Waals surface area contributed by atoms with Gasteiger partial charge in [-0.15, -0.1) is 5.10 Å². The van der Waals surface area contributed by atoms with Crippen LogP contribution in [0.1, 0.15) is 5.56 Å². The van der Waals surface area contributed by atoms with Crippen molar-refractivity contribution in [3.8, 4) is 16.9 Å². The Labute approximate surface area is 115 Å². The largest absolute Gasteiger partial charge is 0.516 e. The standard InChI is InChI=1S/C15H13N3O2/c19-9-3-5-10-4-1-8-13(20)14(10)11-6-2-7-12-15(11)17-18-16-12/h1-4,6-9,19-20H,5H2,(H,16,17,18). The van der Waals surface area contributed by atoms with E-state index in [0.717, 1.165) is 22.9 Å². The van der Waals surface area contributed by atoms with Crippen LogP contribution in [0.5, 0.6) is 5.75 Å². The van der Waals surface area contributed by atoms with Crippen molar-refractivity contribution in [3.63, 3.8) is 0 Å². The van der Waals surface area contributed by atoms with Crippen LogP contribution in [0, 0.1) is 0 Å². The first-order valence-electron chi connectivity index (χ1n) is 6.21. The second kappa shape index (κ2) is 5.05. The van der Waals surface area contributed by atoms with Crippen LogP contribution in [0.2, 0.25) is 0 Å². The molecule has 0 atom stereocenters. The monoisotopic (exact) mass is 267 g/mol. The fourth-order valence-electron chi connectivity index (χ4n) is 2.32. The molecule has 0 spiro atoms. The highest BCUT2D eigenvalue weighted by Crippen LogP contribution is 2.36. The summed E-state index contributed by atoms with van der Waals surface area (Å²) in [6, 6.07) is 11.0. The molecule has 0 unspecified atom stereocenters. The van der Waals surface area contributed by atoms with E-state index in [1.807, 2.05) is 24.3 Å². The molecule has 0 aliphatic carbocycles. The summed E-state index contributed by atoms with van der Waals surface area (Å²) in [6.45, 7) is 0. The van der Waals surface area contributed by atoms with Crippen molar-refractivity contribution in [1.82, 2.24) is 15.4 Å². The molecule has 3 aromatic rings. The molecule has 20 heavy (non-hydrogen) atoms. The molecule has 0 fully saturated rings. The lowest BCUT2D eigenvalue weighted by atomic mass is 9.95. The highest BCUT2D eigenvalue weighted by atomic mass is 16.3. The average molecular weight is 267 g/mol. The van der Waals surface area contributed by atoms with Crippen LogP contribution in [0.4, 0.5) is 0 Å². The topological polar surface area (TPSA) is 82.0 Å². The second-order valence-corrected chi connectivity index (χ2v) is 4.41. The van der Waals surface area contributed by atoms with Gasteiger partial charge in [-0.1, -0.05) is 29.5 Å². The zero-order chi connectivity index (χ0) is 13.9. The summed E-state index contributed by atoms with van der Waals surface area (Å²) < 4.78 is 0. The first-order chi connectivity index (χ1) is 9.81. The number of allylic oxidation sites excluding steroid dienone is 1. The summed E-state index contributed by atoms with van der Waals surface area (Å²) in [5.74, 6) is 0.185. The number of nitrogens with one attached hydrogen (secondary N) is 1. The number of fused-ring (bicyclic) bond motifs is 1. The minimum atomic E-state index is 0.185. The zero-order valence-corrected chi connectivity index (χ0v) is 10.6. The van der Waals surface area contributed by atoms with Crippen molar-refractivity contribution < 1.29 is 10.2 Å². The second-order valence-electron chi connectivity index (χ2n) is 4.41. The molecule has 0 radical (unpaired) electrons. The van der Waals surface area contributed by atoms with Gasteiger partial charge in [-0.05, 0) is 30.2 Å². The summed E-state index contributed by atoms with van der Waals surface area (Å²) >= 11 is 0. The molecule has 0 saturated carbocycles. The normalized spacial score (nSPS) is 11.4. The summed E-state index contributed by atoms with van der Waals surface area (Å²) in [6.07, 6.45) is 3.15. The Morgan fingerprint density at radius 2 is 2.00 bits per heavy atom. The molecule has 5 nitrogen and oxygen atoms in total. The fraction of sp³-hybridized carbons (Fsp3) is 0.0667. The molecule has 0 bridgehead atoms. The van der Waals surface area contributed by atoms with Crippen LogP contribution < -0.4 is 0 Å². The number of phenols is 1. The van der Waals surface area contributed by atoms with Crippen molar-refractivity contribution >= 4 is 11.0 Å². The highest BCUT2D eigenvalue weighted by Gasteiger charge is 2.14. The Bertz CT molecular complexity index is 778. The number of aromatic amines is 1. The van der Waals surface area contributed by atoms with Gasteiger partial charge >= 0.3 is 0 Å². The van der Waals surface area contributed by atoms with E-state index in [0.29, 0.717) is 17.5 Å². The number of benzene rings is 2. The van der Waals surface area contributed by atoms with Gasteiger partial charge in [-0.25, -0.2) is 0 Å². The van der Waals surface area contributed by atoms with Crippen LogP contribution in [0.15, 0.2) is 48.7 Å². The molecule has 0 aliphatic heterocycles. The number of aliphatic hydroxyl groups is 1. The molecule has 1 aromatic heterocycles. The zero-order valence-electron chi connectivity index (χ0n) is 10.6. The number of hydrogen-bond acceptors (Lipinski definition) is 4. The molecule has 0 saturated heterocycles. The molecule has 5 heteroatoms. The van der Waals surface area contributed by atoms with E-state index in [4.69, 9.17) is 5.11 Å². The fourth-order valence-corrected chi connectivity index (χ4v) is 2.32. The quantitative estimate of drug-likeness (QED) is 0.637. The molecule has 0 amide bonds. The van der Waals surface area contributed by atoms with Gasteiger partial charge in [0.1, 0.15) is 11.3 Å². The molecule has 1 heterocycles. The summed E-state index contributed by atoms with van der Waals surface area (Å²) in [4.78, 5) is 0. The smallest absolute Gasteiger partial charge is 0.123 e. The van der Waals surface area contributed by atoms with Crippen LogP contribution in [-0.4, -0.2) is 25.6 Å². The van der Waals surface area contributed by atoms with E-state index >= 15 is 0 Å².